The van der Waals surface area contributed by atoms with Gasteiger partial charge >= 0.3 is 6.01 Å². The molecule has 0 radical (unpaired) electrons. The van der Waals surface area contributed by atoms with E-state index in [-0.39, 0.29) is 0 Å². The maximum atomic E-state index is 5.48. The second kappa shape index (κ2) is 8.23. The summed E-state index contributed by atoms with van der Waals surface area (Å²) < 4.78 is 15.8. The number of ether oxygens (including phenoxy) is 2. The largest absolute Gasteiger partial charge is 0.494 e. The first-order valence-electron chi connectivity index (χ1n) is 6.83. The summed E-state index contributed by atoms with van der Waals surface area (Å²) in [5, 5.41) is 14.1. The van der Waals surface area contributed by atoms with Crippen molar-refractivity contribution < 1.29 is 13.9 Å². The minimum Gasteiger partial charge on any atom is -0.494 e. The fourth-order valence-corrected chi connectivity index (χ4v) is 1.67. The van der Waals surface area contributed by atoms with E-state index >= 15 is 0 Å². The molecule has 2 N–H and O–H groups in total. The van der Waals surface area contributed by atoms with E-state index in [2.05, 4.69) is 20.8 Å². The molecule has 1 heterocycles. The first kappa shape index (κ1) is 15.3. The summed E-state index contributed by atoms with van der Waals surface area (Å²) in [6.07, 6.45) is 0. The number of anilines is 2. The maximum Gasteiger partial charge on any atom is 0.320 e. The highest BCUT2D eigenvalue weighted by Crippen LogP contribution is 2.19. The van der Waals surface area contributed by atoms with Crippen LogP contribution >= 0.6 is 0 Å². The van der Waals surface area contributed by atoms with Crippen molar-refractivity contribution >= 4 is 11.7 Å². The third kappa shape index (κ3) is 5.05. The summed E-state index contributed by atoms with van der Waals surface area (Å²) in [6.45, 7) is 4.50. The molecule has 0 bridgehead atoms. The molecule has 0 fully saturated rings. The molecule has 2 rings (SSSR count). The Morgan fingerprint density at radius 1 is 1.19 bits per heavy atom. The van der Waals surface area contributed by atoms with E-state index in [1.165, 1.54) is 0 Å². The number of hydrogen-bond acceptors (Lipinski definition) is 7. The molecular weight excluding hydrogens is 272 g/mol. The molecule has 7 heteroatoms. The fourth-order valence-electron chi connectivity index (χ4n) is 1.67. The van der Waals surface area contributed by atoms with Crippen LogP contribution in [0.3, 0.4) is 0 Å². The molecule has 0 amide bonds. The lowest BCUT2D eigenvalue weighted by Crippen LogP contribution is -2.18. The number of methoxy groups -OCH3 is 1. The molecule has 0 aliphatic heterocycles. The Labute approximate surface area is 123 Å². The highest BCUT2D eigenvalue weighted by atomic mass is 16.5. The van der Waals surface area contributed by atoms with Gasteiger partial charge in [-0.1, -0.05) is 5.10 Å². The monoisotopic (exact) mass is 292 g/mol. The van der Waals surface area contributed by atoms with Gasteiger partial charge in [-0.05, 0) is 31.2 Å². The van der Waals surface area contributed by atoms with Crippen LogP contribution in [0.5, 0.6) is 5.75 Å². The summed E-state index contributed by atoms with van der Waals surface area (Å²) in [7, 11) is 1.66. The molecule has 1 aromatic carbocycles. The molecule has 114 valence electrons. The van der Waals surface area contributed by atoms with Crippen LogP contribution < -0.4 is 15.4 Å². The zero-order chi connectivity index (χ0) is 14.9. The summed E-state index contributed by atoms with van der Waals surface area (Å²) >= 11 is 0. The normalized spacial score (nSPS) is 10.6. The Hall–Kier alpha value is -2.12. The third-order valence-electron chi connectivity index (χ3n) is 2.64. The number of aromatic nitrogens is 2. The molecule has 0 atom stereocenters. The summed E-state index contributed by atoms with van der Waals surface area (Å²) in [6, 6.07) is 7.92. The predicted molar refractivity (Wildman–Crippen MR) is 78.8 cm³/mol. The topological polar surface area (TPSA) is 81.4 Å². The lowest BCUT2D eigenvalue weighted by molar-refractivity contribution is 0.198. The van der Waals surface area contributed by atoms with E-state index in [0.717, 1.165) is 18.0 Å². The summed E-state index contributed by atoms with van der Waals surface area (Å²) in [5.41, 5.74) is 0.862. The number of benzene rings is 1. The van der Waals surface area contributed by atoms with Gasteiger partial charge in [0.05, 0.1) is 19.8 Å². The second-order valence-electron chi connectivity index (χ2n) is 4.25. The molecule has 2 aromatic rings. The highest BCUT2D eigenvalue weighted by molar-refractivity contribution is 5.53. The zero-order valence-corrected chi connectivity index (χ0v) is 12.3. The van der Waals surface area contributed by atoms with Gasteiger partial charge in [0.1, 0.15) is 5.75 Å². The predicted octanol–water partition coefficient (Wildman–Crippen LogP) is 1.95. The molecule has 0 spiro atoms. The van der Waals surface area contributed by atoms with Gasteiger partial charge in [0.15, 0.2) is 0 Å². The first-order chi connectivity index (χ1) is 10.3. The van der Waals surface area contributed by atoms with E-state index < -0.39 is 0 Å². The van der Waals surface area contributed by atoms with Crippen molar-refractivity contribution in [3.05, 3.63) is 30.2 Å². The van der Waals surface area contributed by atoms with Gasteiger partial charge in [-0.3, -0.25) is 0 Å². The van der Waals surface area contributed by atoms with Crippen LogP contribution in [-0.4, -0.2) is 37.1 Å². The summed E-state index contributed by atoms with van der Waals surface area (Å²) in [4.78, 5) is 0. The molecular formula is C14H20N4O3. The average Bonchev–Trinajstić information content (AvgIpc) is 2.94. The van der Waals surface area contributed by atoms with Crippen LogP contribution in [0.1, 0.15) is 12.8 Å². The van der Waals surface area contributed by atoms with Crippen molar-refractivity contribution in [3.63, 3.8) is 0 Å². The SMILES string of the molecule is CCOc1ccc(Nc2nnc(CNCCOC)o2)cc1. The summed E-state index contributed by atoms with van der Waals surface area (Å²) in [5.74, 6) is 1.36. The number of nitrogens with zero attached hydrogens (tertiary/aromatic N) is 2. The van der Waals surface area contributed by atoms with Crippen molar-refractivity contribution in [1.82, 2.24) is 15.5 Å². The molecule has 1 aromatic heterocycles. The van der Waals surface area contributed by atoms with E-state index in [9.17, 15) is 0 Å². The lowest BCUT2D eigenvalue weighted by Gasteiger charge is -2.04. The van der Waals surface area contributed by atoms with Gasteiger partial charge in [-0.25, -0.2) is 0 Å². The van der Waals surface area contributed by atoms with Crippen LogP contribution in [-0.2, 0) is 11.3 Å². The van der Waals surface area contributed by atoms with Crippen molar-refractivity contribution in [1.29, 1.82) is 0 Å². The Balaban J connectivity index is 1.84. The number of hydrogen-bond donors (Lipinski definition) is 2. The van der Waals surface area contributed by atoms with Gasteiger partial charge in [0.25, 0.3) is 0 Å². The molecule has 21 heavy (non-hydrogen) atoms. The van der Waals surface area contributed by atoms with Crippen LogP contribution in [0.15, 0.2) is 28.7 Å². The van der Waals surface area contributed by atoms with Crippen molar-refractivity contribution in [2.75, 3.05) is 32.2 Å². The van der Waals surface area contributed by atoms with E-state index in [0.29, 0.717) is 31.7 Å². The first-order valence-corrected chi connectivity index (χ1v) is 6.83. The highest BCUT2D eigenvalue weighted by Gasteiger charge is 2.05. The molecule has 0 aliphatic carbocycles. The maximum absolute atomic E-state index is 5.48. The number of rotatable bonds is 9. The zero-order valence-electron chi connectivity index (χ0n) is 12.3. The van der Waals surface area contributed by atoms with Crippen LogP contribution in [0.2, 0.25) is 0 Å². The molecule has 0 saturated heterocycles. The van der Waals surface area contributed by atoms with Crippen molar-refractivity contribution in [2.45, 2.75) is 13.5 Å². The standard InChI is InChI=1S/C14H20N4O3/c1-3-20-12-6-4-11(5-7-12)16-14-18-17-13(21-14)10-15-8-9-19-2/h4-7,15H,3,8-10H2,1-2H3,(H,16,18). The Morgan fingerprint density at radius 2 is 2.00 bits per heavy atom. The smallest absolute Gasteiger partial charge is 0.320 e. The third-order valence-corrected chi connectivity index (χ3v) is 2.64. The second-order valence-corrected chi connectivity index (χ2v) is 4.25. The van der Waals surface area contributed by atoms with Gasteiger partial charge in [0, 0.05) is 19.3 Å². The Bertz CT molecular complexity index is 527. The van der Waals surface area contributed by atoms with Crippen LogP contribution in [0.4, 0.5) is 11.7 Å². The Morgan fingerprint density at radius 3 is 2.71 bits per heavy atom. The minimum absolute atomic E-state index is 0.364. The van der Waals surface area contributed by atoms with E-state index in [4.69, 9.17) is 13.9 Å². The van der Waals surface area contributed by atoms with E-state index in [1.807, 2.05) is 31.2 Å². The molecule has 0 saturated carbocycles. The van der Waals surface area contributed by atoms with Crippen molar-refractivity contribution in [3.8, 4) is 5.75 Å². The average molecular weight is 292 g/mol. The number of nitrogens with one attached hydrogen (secondary N) is 2. The van der Waals surface area contributed by atoms with Gasteiger partial charge < -0.3 is 24.5 Å². The fraction of sp³-hybridized carbons (Fsp3) is 0.429. The van der Waals surface area contributed by atoms with Gasteiger partial charge in [-0.2, -0.15) is 0 Å². The Kier molecular flexibility index (Phi) is 5.99. The quantitative estimate of drug-likeness (QED) is 0.683. The molecule has 0 aliphatic rings. The van der Waals surface area contributed by atoms with Gasteiger partial charge in [-0.15, -0.1) is 5.10 Å². The minimum atomic E-state index is 0.364. The van der Waals surface area contributed by atoms with Crippen LogP contribution in [0, 0.1) is 0 Å². The molecule has 0 unspecified atom stereocenters. The van der Waals surface area contributed by atoms with Crippen LogP contribution in [0.25, 0.3) is 0 Å². The van der Waals surface area contributed by atoms with E-state index in [1.54, 1.807) is 7.11 Å². The van der Waals surface area contributed by atoms with Crippen molar-refractivity contribution in [2.24, 2.45) is 0 Å². The van der Waals surface area contributed by atoms with Gasteiger partial charge in [0.2, 0.25) is 5.89 Å². The lowest BCUT2D eigenvalue weighted by atomic mass is 10.3. The molecule has 7 nitrogen and oxygen atoms in total.